The van der Waals surface area contributed by atoms with Crippen molar-refractivity contribution in [1.82, 2.24) is 5.32 Å². The summed E-state index contributed by atoms with van der Waals surface area (Å²) in [5, 5.41) is 11.8. The summed E-state index contributed by atoms with van der Waals surface area (Å²) >= 11 is 3.37. The number of nitriles is 1. The van der Waals surface area contributed by atoms with Crippen LogP contribution in [-0.2, 0) is 4.79 Å². The van der Waals surface area contributed by atoms with Gasteiger partial charge in [-0.1, -0.05) is 19.4 Å². The standard InChI is InChI=1S/C15H17BrN2O2/c1-3-4-7-18-15(19)12(10-17)8-11-5-6-14(20-2)13(16)9-11/h5-6,8-9H,3-4,7H2,1-2H3,(H,18,19)/b12-8+. The normalized spacial score (nSPS) is 10.8. The van der Waals surface area contributed by atoms with Gasteiger partial charge in [0.25, 0.3) is 5.91 Å². The van der Waals surface area contributed by atoms with Crippen molar-refractivity contribution in [2.45, 2.75) is 19.8 Å². The van der Waals surface area contributed by atoms with E-state index in [4.69, 9.17) is 10.00 Å². The molecule has 0 aromatic heterocycles. The maximum Gasteiger partial charge on any atom is 0.261 e. The van der Waals surface area contributed by atoms with Crippen molar-refractivity contribution in [2.24, 2.45) is 0 Å². The topological polar surface area (TPSA) is 62.1 Å². The Kier molecular flexibility index (Phi) is 6.82. The van der Waals surface area contributed by atoms with Crippen LogP contribution < -0.4 is 10.1 Å². The fourth-order valence-electron chi connectivity index (χ4n) is 1.56. The first-order valence-corrected chi connectivity index (χ1v) is 7.15. The van der Waals surface area contributed by atoms with Gasteiger partial charge in [0.05, 0.1) is 11.6 Å². The molecule has 0 unspecified atom stereocenters. The van der Waals surface area contributed by atoms with Gasteiger partial charge in [0.15, 0.2) is 0 Å². The summed E-state index contributed by atoms with van der Waals surface area (Å²) in [6.45, 7) is 2.63. The predicted octanol–water partition coefficient (Wildman–Crippen LogP) is 3.28. The van der Waals surface area contributed by atoms with Crippen LogP contribution in [0.2, 0.25) is 0 Å². The minimum absolute atomic E-state index is 0.0955. The highest BCUT2D eigenvalue weighted by Crippen LogP contribution is 2.26. The molecule has 1 rings (SSSR count). The minimum atomic E-state index is -0.340. The number of nitrogens with one attached hydrogen (secondary N) is 1. The lowest BCUT2D eigenvalue weighted by molar-refractivity contribution is -0.117. The van der Waals surface area contributed by atoms with E-state index in [0.29, 0.717) is 12.3 Å². The first-order valence-electron chi connectivity index (χ1n) is 6.36. The van der Waals surface area contributed by atoms with Crippen molar-refractivity contribution in [1.29, 1.82) is 5.26 Å². The van der Waals surface area contributed by atoms with E-state index in [9.17, 15) is 4.79 Å². The summed E-state index contributed by atoms with van der Waals surface area (Å²) in [7, 11) is 1.58. The molecule has 1 aromatic carbocycles. The molecular formula is C15H17BrN2O2. The first-order chi connectivity index (χ1) is 9.62. The third-order valence-electron chi connectivity index (χ3n) is 2.67. The number of amides is 1. The SMILES string of the molecule is CCCCNC(=O)/C(C#N)=C/c1ccc(OC)c(Br)c1. The second-order valence-electron chi connectivity index (χ2n) is 4.17. The summed E-state index contributed by atoms with van der Waals surface area (Å²) < 4.78 is 5.91. The van der Waals surface area contributed by atoms with Crippen molar-refractivity contribution in [3.05, 3.63) is 33.8 Å². The van der Waals surface area contributed by atoms with E-state index < -0.39 is 0 Å². The van der Waals surface area contributed by atoms with Gasteiger partial charge in [-0.25, -0.2) is 0 Å². The largest absolute Gasteiger partial charge is 0.496 e. The predicted molar refractivity (Wildman–Crippen MR) is 82.2 cm³/mol. The van der Waals surface area contributed by atoms with Gasteiger partial charge >= 0.3 is 0 Å². The Morgan fingerprint density at radius 2 is 2.30 bits per heavy atom. The molecule has 0 aliphatic heterocycles. The molecular weight excluding hydrogens is 320 g/mol. The molecule has 0 atom stereocenters. The van der Waals surface area contributed by atoms with Gasteiger partial charge in [0.2, 0.25) is 0 Å². The monoisotopic (exact) mass is 336 g/mol. The van der Waals surface area contributed by atoms with E-state index in [1.54, 1.807) is 31.4 Å². The molecule has 0 saturated carbocycles. The van der Waals surface area contributed by atoms with E-state index in [1.165, 1.54) is 0 Å². The smallest absolute Gasteiger partial charge is 0.261 e. The molecule has 0 fully saturated rings. The quantitative estimate of drug-likeness (QED) is 0.492. The summed E-state index contributed by atoms with van der Waals surface area (Å²) in [5.41, 5.74) is 0.859. The second kappa shape index (κ2) is 8.39. The lowest BCUT2D eigenvalue weighted by atomic mass is 10.1. The van der Waals surface area contributed by atoms with Gasteiger partial charge in [-0.2, -0.15) is 5.26 Å². The summed E-state index contributed by atoms with van der Waals surface area (Å²) in [5.74, 6) is 0.362. The number of nitrogens with zero attached hydrogens (tertiary/aromatic N) is 1. The molecule has 0 spiro atoms. The molecule has 1 aromatic rings. The van der Waals surface area contributed by atoms with E-state index >= 15 is 0 Å². The van der Waals surface area contributed by atoms with Crippen LogP contribution in [0.25, 0.3) is 6.08 Å². The fourth-order valence-corrected chi connectivity index (χ4v) is 2.12. The molecule has 20 heavy (non-hydrogen) atoms. The minimum Gasteiger partial charge on any atom is -0.496 e. The maximum absolute atomic E-state index is 11.8. The molecule has 106 valence electrons. The van der Waals surface area contributed by atoms with Gasteiger partial charge in [0, 0.05) is 6.54 Å². The van der Waals surface area contributed by atoms with Crippen LogP contribution in [-0.4, -0.2) is 19.6 Å². The van der Waals surface area contributed by atoms with Crippen molar-refractivity contribution in [3.8, 4) is 11.8 Å². The molecule has 1 N–H and O–H groups in total. The number of hydrogen-bond donors (Lipinski definition) is 1. The highest BCUT2D eigenvalue weighted by atomic mass is 79.9. The molecule has 4 nitrogen and oxygen atoms in total. The van der Waals surface area contributed by atoms with Crippen LogP contribution in [0.5, 0.6) is 5.75 Å². The first kappa shape index (κ1) is 16.3. The number of benzene rings is 1. The van der Waals surface area contributed by atoms with E-state index in [-0.39, 0.29) is 11.5 Å². The summed E-state index contributed by atoms with van der Waals surface area (Å²) in [4.78, 5) is 11.8. The Morgan fingerprint density at radius 1 is 1.55 bits per heavy atom. The van der Waals surface area contributed by atoms with Crippen LogP contribution >= 0.6 is 15.9 Å². The van der Waals surface area contributed by atoms with Gasteiger partial charge < -0.3 is 10.1 Å². The highest BCUT2D eigenvalue weighted by Gasteiger charge is 2.08. The molecule has 0 aliphatic rings. The van der Waals surface area contributed by atoms with E-state index in [1.807, 2.05) is 13.0 Å². The van der Waals surface area contributed by atoms with Crippen LogP contribution in [0, 0.1) is 11.3 Å². The lowest BCUT2D eigenvalue weighted by Gasteiger charge is -2.05. The third-order valence-corrected chi connectivity index (χ3v) is 3.29. The van der Waals surface area contributed by atoms with Gasteiger partial charge in [-0.05, 0) is 46.1 Å². The number of rotatable bonds is 6. The van der Waals surface area contributed by atoms with Crippen LogP contribution in [0.1, 0.15) is 25.3 Å². The summed E-state index contributed by atoms with van der Waals surface area (Å²) in [6, 6.07) is 7.30. The maximum atomic E-state index is 11.8. The number of ether oxygens (including phenoxy) is 1. The number of carbonyl (C=O) groups excluding carboxylic acids is 1. The number of unbranched alkanes of at least 4 members (excludes halogenated alkanes) is 1. The number of carbonyl (C=O) groups is 1. The molecule has 0 heterocycles. The molecule has 0 saturated heterocycles. The zero-order chi connectivity index (χ0) is 15.0. The van der Waals surface area contributed by atoms with Gasteiger partial charge in [0.1, 0.15) is 17.4 Å². The Hall–Kier alpha value is -1.80. The van der Waals surface area contributed by atoms with E-state index in [0.717, 1.165) is 22.9 Å². The second-order valence-corrected chi connectivity index (χ2v) is 5.03. The van der Waals surface area contributed by atoms with Gasteiger partial charge in [-0.15, -0.1) is 0 Å². The summed E-state index contributed by atoms with van der Waals surface area (Å²) in [6.07, 6.45) is 3.46. The van der Waals surface area contributed by atoms with Crippen molar-refractivity contribution in [2.75, 3.05) is 13.7 Å². The zero-order valence-electron chi connectivity index (χ0n) is 11.6. The van der Waals surface area contributed by atoms with Crippen molar-refractivity contribution >= 4 is 27.9 Å². The Labute approximate surface area is 127 Å². The van der Waals surface area contributed by atoms with Gasteiger partial charge in [-0.3, -0.25) is 4.79 Å². The average Bonchev–Trinajstić information content (AvgIpc) is 2.45. The Balaban J connectivity index is 2.86. The number of hydrogen-bond acceptors (Lipinski definition) is 3. The molecule has 1 amide bonds. The number of halogens is 1. The van der Waals surface area contributed by atoms with Crippen LogP contribution in [0.15, 0.2) is 28.2 Å². The fraction of sp³-hybridized carbons (Fsp3) is 0.333. The highest BCUT2D eigenvalue weighted by molar-refractivity contribution is 9.10. The molecule has 0 bridgehead atoms. The Morgan fingerprint density at radius 3 is 2.85 bits per heavy atom. The molecule has 0 radical (unpaired) electrons. The molecule has 0 aliphatic carbocycles. The average molecular weight is 337 g/mol. The van der Waals surface area contributed by atoms with Crippen LogP contribution in [0.4, 0.5) is 0 Å². The number of methoxy groups -OCH3 is 1. The van der Waals surface area contributed by atoms with Crippen LogP contribution in [0.3, 0.4) is 0 Å². The van der Waals surface area contributed by atoms with E-state index in [2.05, 4.69) is 21.2 Å². The Bertz CT molecular complexity index is 547. The molecule has 5 heteroatoms. The van der Waals surface area contributed by atoms with Crippen molar-refractivity contribution in [3.63, 3.8) is 0 Å². The van der Waals surface area contributed by atoms with Crippen molar-refractivity contribution < 1.29 is 9.53 Å². The third kappa shape index (κ3) is 4.71. The lowest BCUT2D eigenvalue weighted by Crippen LogP contribution is -2.25. The zero-order valence-corrected chi connectivity index (χ0v) is 13.2.